The Morgan fingerprint density at radius 2 is 1.07 bits per heavy atom. The van der Waals surface area contributed by atoms with E-state index in [4.69, 9.17) is 19.4 Å². The van der Waals surface area contributed by atoms with E-state index >= 15 is 0 Å². The molecule has 0 unspecified atom stereocenters. The van der Waals surface area contributed by atoms with Gasteiger partial charge in [-0.2, -0.15) is 0 Å². The molecule has 5 heteroatoms. The molecular weight excluding hydrogens is 552 g/mol. The Morgan fingerprint density at radius 3 is 1.80 bits per heavy atom. The third-order valence-corrected chi connectivity index (χ3v) is 8.41. The fourth-order valence-electron chi connectivity index (χ4n) is 6.29. The van der Waals surface area contributed by atoms with Crippen LogP contribution in [-0.4, -0.2) is 19.9 Å². The van der Waals surface area contributed by atoms with Gasteiger partial charge in [-0.3, -0.25) is 4.98 Å². The SMILES string of the molecule is c1ccc(-c2nc(-c3ccccc3)nc(-c3ccc(-c4cccc5oc6cc7cnccc7cc6c45)c4ccccc34)n2)cc1. The minimum Gasteiger partial charge on any atom is -0.456 e. The number of nitrogens with zero attached hydrogens (tertiary/aromatic N) is 4. The van der Waals surface area contributed by atoms with Crippen LogP contribution in [0.1, 0.15) is 0 Å². The first-order valence-electron chi connectivity index (χ1n) is 14.9. The van der Waals surface area contributed by atoms with Gasteiger partial charge in [-0.15, -0.1) is 0 Å². The Labute approximate surface area is 258 Å². The van der Waals surface area contributed by atoms with Gasteiger partial charge in [0.2, 0.25) is 0 Å². The summed E-state index contributed by atoms with van der Waals surface area (Å²) >= 11 is 0. The van der Waals surface area contributed by atoms with Crippen LogP contribution < -0.4 is 0 Å². The van der Waals surface area contributed by atoms with Crippen molar-refractivity contribution in [3.63, 3.8) is 0 Å². The van der Waals surface area contributed by atoms with E-state index in [9.17, 15) is 0 Å². The summed E-state index contributed by atoms with van der Waals surface area (Å²) in [6.07, 6.45) is 3.71. The minimum absolute atomic E-state index is 0.637. The molecule has 0 spiro atoms. The van der Waals surface area contributed by atoms with Crippen LogP contribution in [0.25, 0.3) is 88.8 Å². The van der Waals surface area contributed by atoms with Gasteiger partial charge in [-0.25, -0.2) is 15.0 Å². The summed E-state index contributed by atoms with van der Waals surface area (Å²) in [6.45, 7) is 0. The lowest BCUT2D eigenvalue weighted by Crippen LogP contribution is -2.00. The van der Waals surface area contributed by atoms with Crippen molar-refractivity contribution in [2.75, 3.05) is 0 Å². The molecule has 3 aromatic heterocycles. The summed E-state index contributed by atoms with van der Waals surface area (Å²) in [5, 5.41) is 6.56. The molecule has 0 radical (unpaired) electrons. The summed E-state index contributed by atoms with van der Waals surface area (Å²) in [5.74, 6) is 1.92. The normalized spacial score (nSPS) is 11.6. The molecule has 0 bridgehead atoms. The highest BCUT2D eigenvalue weighted by molar-refractivity contribution is 6.18. The lowest BCUT2D eigenvalue weighted by atomic mass is 9.92. The van der Waals surface area contributed by atoms with E-state index in [2.05, 4.69) is 65.6 Å². The maximum Gasteiger partial charge on any atom is 0.164 e. The summed E-state index contributed by atoms with van der Waals surface area (Å²) in [7, 11) is 0. The first-order valence-corrected chi connectivity index (χ1v) is 14.9. The van der Waals surface area contributed by atoms with Crippen LogP contribution >= 0.6 is 0 Å². The van der Waals surface area contributed by atoms with Gasteiger partial charge in [-0.05, 0) is 57.6 Å². The van der Waals surface area contributed by atoms with Gasteiger partial charge >= 0.3 is 0 Å². The van der Waals surface area contributed by atoms with Gasteiger partial charge in [0, 0.05) is 45.2 Å². The molecule has 0 aliphatic rings. The Hall–Kier alpha value is -6.20. The fraction of sp³-hybridized carbons (Fsp3) is 0. The van der Waals surface area contributed by atoms with Crippen LogP contribution in [-0.2, 0) is 0 Å². The zero-order chi connectivity index (χ0) is 29.7. The van der Waals surface area contributed by atoms with Gasteiger partial charge in [0.05, 0.1) is 0 Å². The Bertz CT molecular complexity index is 2480. The van der Waals surface area contributed by atoms with Crippen molar-refractivity contribution in [2.24, 2.45) is 0 Å². The largest absolute Gasteiger partial charge is 0.456 e. The number of hydrogen-bond acceptors (Lipinski definition) is 5. The van der Waals surface area contributed by atoms with Gasteiger partial charge in [-0.1, -0.05) is 103 Å². The molecule has 3 heterocycles. The molecule has 45 heavy (non-hydrogen) atoms. The average molecular weight is 577 g/mol. The Balaban J connectivity index is 1.28. The lowest BCUT2D eigenvalue weighted by Gasteiger charge is -2.13. The molecule has 0 fully saturated rings. The van der Waals surface area contributed by atoms with Crippen LogP contribution in [0.5, 0.6) is 0 Å². The molecule has 9 aromatic rings. The first-order chi connectivity index (χ1) is 22.3. The van der Waals surface area contributed by atoms with Gasteiger partial charge in [0.25, 0.3) is 0 Å². The minimum atomic E-state index is 0.637. The number of hydrogen-bond donors (Lipinski definition) is 0. The van der Waals surface area contributed by atoms with E-state index in [1.54, 1.807) is 0 Å². The maximum atomic E-state index is 6.38. The predicted molar refractivity (Wildman–Crippen MR) is 182 cm³/mol. The van der Waals surface area contributed by atoms with Gasteiger partial charge < -0.3 is 4.42 Å². The highest BCUT2D eigenvalue weighted by atomic mass is 16.3. The van der Waals surface area contributed by atoms with Crippen LogP contribution in [0, 0.1) is 0 Å². The van der Waals surface area contributed by atoms with Crippen LogP contribution in [0.3, 0.4) is 0 Å². The highest BCUT2D eigenvalue weighted by Crippen LogP contribution is 2.42. The van der Waals surface area contributed by atoms with Crippen molar-refractivity contribution in [1.82, 2.24) is 19.9 Å². The lowest BCUT2D eigenvalue weighted by molar-refractivity contribution is 0.669. The molecule has 0 saturated carbocycles. The fourth-order valence-corrected chi connectivity index (χ4v) is 6.29. The van der Waals surface area contributed by atoms with Crippen molar-refractivity contribution in [1.29, 1.82) is 0 Å². The number of rotatable bonds is 4. The Morgan fingerprint density at radius 1 is 0.422 bits per heavy atom. The van der Waals surface area contributed by atoms with Crippen LogP contribution in [0.2, 0.25) is 0 Å². The highest BCUT2D eigenvalue weighted by Gasteiger charge is 2.19. The quantitative estimate of drug-likeness (QED) is 0.209. The third-order valence-electron chi connectivity index (χ3n) is 8.41. The molecule has 0 saturated heterocycles. The van der Waals surface area contributed by atoms with E-state index in [0.29, 0.717) is 17.5 Å². The van der Waals surface area contributed by atoms with E-state index < -0.39 is 0 Å². The molecule has 9 rings (SSSR count). The van der Waals surface area contributed by atoms with Crippen molar-refractivity contribution in [3.05, 3.63) is 146 Å². The van der Waals surface area contributed by atoms with E-state index in [1.165, 1.54) is 0 Å². The summed E-state index contributed by atoms with van der Waals surface area (Å²) in [6, 6.07) is 45.6. The first kappa shape index (κ1) is 25.3. The monoisotopic (exact) mass is 576 g/mol. The molecule has 0 N–H and O–H groups in total. The van der Waals surface area contributed by atoms with Crippen LogP contribution in [0.15, 0.2) is 150 Å². The van der Waals surface area contributed by atoms with Crippen molar-refractivity contribution >= 4 is 43.5 Å². The second-order valence-electron chi connectivity index (χ2n) is 11.1. The summed E-state index contributed by atoms with van der Waals surface area (Å²) in [4.78, 5) is 19.2. The van der Waals surface area contributed by atoms with E-state index in [1.807, 2.05) is 85.2 Å². The predicted octanol–water partition coefficient (Wildman–Crippen LogP) is 10.1. The second-order valence-corrected chi connectivity index (χ2v) is 11.1. The number of fused-ring (bicyclic) bond motifs is 5. The standard InChI is InChI=1S/C40H24N4O/c1-3-10-25(11-4-1)38-42-39(26-12-5-2-6-13-26)44-40(43-38)33-19-18-31(29-14-7-8-15-30(29)33)32-16-9-17-35-37(32)34-22-27-20-21-41-24-28(27)23-36(34)45-35/h1-24H. The van der Waals surface area contributed by atoms with Gasteiger partial charge in [0.15, 0.2) is 17.5 Å². The molecule has 6 aromatic carbocycles. The maximum absolute atomic E-state index is 6.38. The summed E-state index contributed by atoms with van der Waals surface area (Å²) in [5.41, 5.74) is 6.80. The zero-order valence-electron chi connectivity index (χ0n) is 24.1. The van der Waals surface area contributed by atoms with E-state index in [0.717, 1.165) is 71.3 Å². The number of pyridine rings is 1. The number of aromatic nitrogens is 4. The average Bonchev–Trinajstić information content (AvgIpc) is 3.48. The molecule has 210 valence electrons. The zero-order valence-corrected chi connectivity index (χ0v) is 24.1. The molecule has 0 aliphatic carbocycles. The molecular formula is C40H24N4O. The smallest absolute Gasteiger partial charge is 0.164 e. The number of benzene rings is 6. The van der Waals surface area contributed by atoms with E-state index in [-0.39, 0.29) is 0 Å². The van der Waals surface area contributed by atoms with Crippen LogP contribution in [0.4, 0.5) is 0 Å². The number of furan rings is 1. The molecule has 0 aliphatic heterocycles. The van der Waals surface area contributed by atoms with Crippen molar-refractivity contribution < 1.29 is 4.42 Å². The van der Waals surface area contributed by atoms with Crippen molar-refractivity contribution in [3.8, 4) is 45.3 Å². The van der Waals surface area contributed by atoms with Gasteiger partial charge in [0.1, 0.15) is 11.2 Å². The molecule has 0 atom stereocenters. The molecule has 5 nitrogen and oxygen atoms in total. The topological polar surface area (TPSA) is 64.7 Å². The molecule has 0 amide bonds. The van der Waals surface area contributed by atoms with Crippen molar-refractivity contribution in [2.45, 2.75) is 0 Å². The third kappa shape index (κ3) is 4.25. The summed E-state index contributed by atoms with van der Waals surface area (Å²) < 4.78 is 6.38. The second kappa shape index (κ2) is 10.2. The Kier molecular flexibility index (Phi) is 5.74.